The molecule has 0 aromatic heterocycles. The summed E-state index contributed by atoms with van der Waals surface area (Å²) in [7, 11) is 0. The Labute approximate surface area is 118 Å². The third kappa shape index (κ3) is 7.36. The summed E-state index contributed by atoms with van der Waals surface area (Å²) in [6.45, 7) is 11.1. The Balaban J connectivity index is 1.96. The Kier molecular flexibility index (Phi) is 7.80. The van der Waals surface area contributed by atoms with E-state index in [2.05, 4.69) is 24.8 Å². The first kappa shape index (κ1) is 16.2. The zero-order valence-corrected chi connectivity index (χ0v) is 13.0. The lowest BCUT2D eigenvalue weighted by atomic mass is 10.1. The predicted molar refractivity (Wildman–Crippen MR) is 81.2 cm³/mol. The molecule has 0 N–H and O–H groups in total. The number of allylic oxidation sites excluding steroid dienone is 2. The number of hydrogen-bond acceptors (Lipinski definition) is 2. The summed E-state index contributed by atoms with van der Waals surface area (Å²) in [5.74, 6) is 0.221. The number of piperazine rings is 1. The number of hydrogen-bond donors (Lipinski definition) is 0. The zero-order valence-electron chi connectivity index (χ0n) is 13.0. The van der Waals surface area contributed by atoms with E-state index in [0.29, 0.717) is 0 Å². The van der Waals surface area contributed by atoms with E-state index in [1.807, 2.05) is 4.90 Å². The van der Waals surface area contributed by atoms with Crippen LogP contribution in [-0.4, -0.2) is 48.4 Å². The molecule has 1 fully saturated rings. The van der Waals surface area contributed by atoms with Gasteiger partial charge in [0.15, 0.2) is 0 Å². The maximum absolute atomic E-state index is 11.2. The van der Waals surface area contributed by atoms with Gasteiger partial charge >= 0.3 is 0 Å². The molecule has 0 spiro atoms. The van der Waals surface area contributed by atoms with E-state index in [-0.39, 0.29) is 5.91 Å². The van der Waals surface area contributed by atoms with Crippen molar-refractivity contribution in [2.24, 2.45) is 0 Å². The second-order valence-corrected chi connectivity index (χ2v) is 5.83. The van der Waals surface area contributed by atoms with E-state index in [9.17, 15) is 4.79 Å². The van der Waals surface area contributed by atoms with Gasteiger partial charge in [0.1, 0.15) is 0 Å². The van der Waals surface area contributed by atoms with Crippen LogP contribution < -0.4 is 0 Å². The van der Waals surface area contributed by atoms with Gasteiger partial charge in [-0.05, 0) is 39.7 Å². The van der Waals surface area contributed by atoms with Gasteiger partial charge < -0.3 is 4.90 Å². The Morgan fingerprint density at radius 3 is 2.16 bits per heavy atom. The molecule has 1 amide bonds. The quantitative estimate of drug-likeness (QED) is 0.522. The summed E-state index contributed by atoms with van der Waals surface area (Å²) < 4.78 is 0. The van der Waals surface area contributed by atoms with E-state index >= 15 is 0 Å². The highest BCUT2D eigenvalue weighted by atomic mass is 16.2. The Hall–Kier alpha value is -0.830. The maximum Gasteiger partial charge on any atom is 0.219 e. The van der Waals surface area contributed by atoms with Crippen molar-refractivity contribution in [2.45, 2.75) is 52.9 Å². The summed E-state index contributed by atoms with van der Waals surface area (Å²) in [6, 6.07) is 0. The lowest BCUT2D eigenvalue weighted by Gasteiger charge is -2.34. The van der Waals surface area contributed by atoms with Gasteiger partial charge in [0.05, 0.1) is 0 Å². The van der Waals surface area contributed by atoms with Gasteiger partial charge in [-0.3, -0.25) is 9.69 Å². The van der Waals surface area contributed by atoms with Gasteiger partial charge in [0.2, 0.25) is 5.91 Å². The minimum Gasteiger partial charge on any atom is -0.340 e. The second-order valence-electron chi connectivity index (χ2n) is 5.83. The third-order valence-corrected chi connectivity index (χ3v) is 3.80. The van der Waals surface area contributed by atoms with E-state index < -0.39 is 0 Å². The number of amides is 1. The van der Waals surface area contributed by atoms with Gasteiger partial charge in [-0.25, -0.2) is 0 Å². The molecule has 1 saturated heterocycles. The van der Waals surface area contributed by atoms with Crippen LogP contribution in [0.1, 0.15) is 52.9 Å². The van der Waals surface area contributed by atoms with Gasteiger partial charge in [0.25, 0.3) is 0 Å². The molecule has 0 bridgehead atoms. The number of rotatable bonds is 7. The summed E-state index contributed by atoms with van der Waals surface area (Å²) in [5, 5.41) is 0. The third-order valence-electron chi connectivity index (χ3n) is 3.80. The molecule has 3 nitrogen and oxygen atoms in total. The molecule has 1 aliphatic heterocycles. The fourth-order valence-electron chi connectivity index (χ4n) is 2.51. The molecule has 0 saturated carbocycles. The van der Waals surface area contributed by atoms with Gasteiger partial charge in [-0.2, -0.15) is 0 Å². The van der Waals surface area contributed by atoms with E-state index in [1.54, 1.807) is 6.92 Å². The largest absolute Gasteiger partial charge is 0.340 e. The van der Waals surface area contributed by atoms with Gasteiger partial charge in [-0.15, -0.1) is 0 Å². The molecule has 110 valence electrons. The summed E-state index contributed by atoms with van der Waals surface area (Å²) >= 11 is 0. The lowest BCUT2D eigenvalue weighted by molar-refractivity contribution is -0.130. The lowest BCUT2D eigenvalue weighted by Crippen LogP contribution is -2.48. The van der Waals surface area contributed by atoms with Crippen molar-refractivity contribution in [3.8, 4) is 0 Å². The molecule has 1 aliphatic rings. The Bertz CT molecular complexity index is 287. The standard InChI is InChI=1S/C16H30N2O/c1-15(2)9-7-5-4-6-8-10-17-11-13-18(14-12-17)16(3)19/h9H,4-8,10-14H2,1-3H3. The van der Waals surface area contributed by atoms with Crippen molar-refractivity contribution in [3.63, 3.8) is 0 Å². The molecule has 0 radical (unpaired) electrons. The summed E-state index contributed by atoms with van der Waals surface area (Å²) in [6.07, 6.45) is 8.87. The predicted octanol–water partition coefficient (Wildman–Crippen LogP) is 3.07. The number of carbonyl (C=O) groups is 1. The first-order valence-electron chi connectivity index (χ1n) is 7.71. The van der Waals surface area contributed by atoms with Gasteiger partial charge in [-0.1, -0.05) is 24.5 Å². The van der Waals surface area contributed by atoms with Crippen LogP contribution in [0.2, 0.25) is 0 Å². The first-order valence-corrected chi connectivity index (χ1v) is 7.71. The fourth-order valence-corrected chi connectivity index (χ4v) is 2.51. The van der Waals surface area contributed by atoms with Crippen molar-refractivity contribution >= 4 is 5.91 Å². The smallest absolute Gasteiger partial charge is 0.219 e. The monoisotopic (exact) mass is 266 g/mol. The molecular weight excluding hydrogens is 236 g/mol. The topological polar surface area (TPSA) is 23.6 Å². The van der Waals surface area contributed by atoms with Crippen molar-refractivity contribution in [1.29, 1.82) is 0 Å². The molecular formula is C16H30N2O. The van der Waals surface area contributed by atoms with Gasteiger partial charge in [0, 0.05) is 33.1 Å². The van der Waals surface area contributed by atoms with E-state index in [0.717, 1.165) is 26.2 Å². The van der Waals surface area contributed by atoms with Crippen LogP contribution in [0.4, 0.5) is 0 Å². The van der Waals surface area contributed by atoms with Crippen LogP contribution >= 0.6 is 0 Å². The van der Waals surface area contributed by atoms with Crippen molar-refractivity contribution in [1.82, 2.24) is 9.80 Å². The highest BCUT2D eigenvalue weighted by Crippen LogP contribution is 2.08. The number of nitrogens with zero attached hydrogens (tertiary/aromatic N) is 2. The summed E-state index contributed by atoms with van der Waals surface area (Å²) in [5.41, 5.74) is 1.43. The molecule has 0 atom stereocenters. The molecule has 0 aliphatic carbocycles. The van der Waals surface area contributed by atoms with Crippen molar-refractivity contribution in [2.75, 3.05) is 32.7 Å². The second kappa shape index (κ2) is 9.13. The molecule has 19 heavy (non-hydrogen) atoms. The van der Waals surface area contributed by atoms with Crippen LogP contribution in [0.5, 0.6) is 0 Å². The van der Waals surface area contributed by atoms with Crippen LogP contribution in [0, 0.1) is 0 Å². The number of carbonyl (C=O) groups excluding carboxylic acids is 1. The van der Waals surface area contributed by atoms with Crippen LogP contribution in [0.3, 0.4) is 0 Å². The molecule has 0 aromatic rings. The molecule has 1 rings (SSSR count). The average Bonchev–Trinajstić information content (AvgIpc) is 2.38. The van der Waals surface area contributed by atoms with Crippen LogP contribution in [0.25, 0.3) is 0 Å². The SMILES string of the molecule is CC(=O)N1CCN(CCCCCCC=C(C)C)CC1. The highest BCUT2D eigenvalue weighted by Gasteiger charge is 2.17. The van der Waals surface area contributed by atoms with Crippen LogP contribution in [-0.2, 0) is 4.79 Å². The van der Waals surface area contributed by atoms with Crippen molar-refractivity contribution in [3.05, 3.63) is 11.6 Å². The minimum absolute atomic E-state index is 0.221. The van der Waals surface area contributed by atoms with E-state index in [4.69, 9.17) is 0 Å². The average molecular weight is 266 g/mol. The molecule has 1 heterocycles. The zero-order chi connectivity index (χ0) is 14.1. The molecule has 0 unspecified atom stereocenters. The van der Waals surface area contributed by atoms with Crippen molar-refractivity contribution < 1.29 is 4.79 Å². The molecule has 3 heteroatoms. The minimum atomic E-state index is 0.221. The molecule has 0 aromatic carbocycles. The Morgan fingerprint density at radius 2 is 1.58 bits per heavy atom. The van der Waals surface area contributed by atoms with Crippen LogP contribution in [0.15, 0.2) is 11.6 Å². The van der Waals surface area contributed by atoms with E-state index in [1.165, 1.54) is 44.2 Å². The number of unbranched alkanes of at least 4 members (excludes halogenated alkanes) is 4. The fraction of sp³-hybridized carbons (Fsp3) is 0.812. The Morgan fingerprint density at radius 1 is 0.947 bits per heavy atom. The highest BCUT2D eigenvalue weighted by molar-refractivity contribution is 5.73. The normalized spacial score (nSPS) is 16.5. The summed E-state index contributed by atoms with van der Waals surface area (Å²) in [4.78, 5) is 15.7. The maximum atomic E-state index is 11.2. The first-order chi connectivity index (χ1) is 9.09.